The van der Waals surface area contributed by atoms with E-state index in [0.29, 0.717) is 31.6 Å². The minimum atomic E-state index is -4.46. The van der Waals surface area contributed by atoms with Crippen LogP contribution < -0.4 is 11.1 Å². The maximum Gasteiger partial charge on any atom is 0.416 e. The number of alkyl halides is 3. The van der Waals surface area contributed by atoms with Crippen LogP contribution in [0.1, 0.15) is 39.1 Å². The maximum absolute atomic E-state index is 12.7. The number of primary amides is 1. The molecular weight excluding hydrogens is 435 g/mol. The van der Waals surface area contributed by atoms with Gasteiger partial charge >= 0.3 is 6.18 Å². The van der Waals surface area contributed by atoms with Crippen molar-refractivity contribution in [2.45, 2.75) is 19.0 Å². The Kier molecular flexibility index (Phi) is 6.54. The zero-order valence-electron chi connectivity index (χ0n) is 16.2. The summed E-state index contributed by atoms with van der Waals surface area (Å²) >= 11 is 5.98. The molecule has 0 aromatic heterocycles. The molecule has 1 fully saturated rings. The van der Waals surface area contributed by atoms with Gasteiger partial charge in [0, 0.05) is 30.3 Å². The highest BCUT2D eigenvalue weighted by molar-refractivity contribution is 6.34. The highest BCUT2D eigenvalue weighted by atomic mass is 35.5. The van der Waals surface area contributed by atoms with E-state index >= 15 is 0 Å². The van der Waals surface area contributed by atoms with Gasteiger partial charge in [0.1, 0.15) is 0 Å². The fourth-order valence-electron chi connectivity index (χ4n) is 3.37. The minimum Gasteiger partial charge on any atom is -0.366 e. The zero-order chi connectivity index (χ0) is 22.8. The van der Waals surface area contributed by atoms with Crippen molar-refractivity contribution >= 4 is 35.0 Å². The summed E-state index contributed by atoms with van der Waals surface area (Å²) < 4.78 is 38.0. The van der Waals surface area contributed by atoms with Gasteiger partial charge in [0.15, 0.2) is 0 Å². The summed E-state index contributed by atoms with van der Waals surface area (Å²) in [5.74, 6) is -1.63. The first kappa shape index (κ1) is 22.6. The molecule has 0 spiro atoms. The minimum absolute atomic E-state index is 0.127. The predicted octanol–water partition coefficient (Wildman–Crippen LogP) is 3.95. The van der Waals surface area contributed by atoms with Crippen LogP contribution in [0, 0.1) is 5.92 Å². The van der Waals surface area contributed by atoms with E-state index in [1.807, 2.05) is 0 Å². The lowest BCUT2D eigenvalue weighted by molar-refractivity contribution is -0.137. The van der Waals surface area contributed by atoms with Crippen LogP contribution in [0.3, 0.4) is 0 Å². The summed E-state index contributed by atoms with van der Waals surface area (Å²) in [6.45, 7) is 0.610. The van der Waals surface area contributed by atoms with E-state index in [1.165, 1.54) is 23.1 Å². The third kappa shape index (κ3) is 5.35. The second kappa shape index (κ2) is 8.97. The zero-order valence-corrected chi connectivity index (χ0v) is 17.0. The fourth-order valence-corrected chi connectivity index (χ4v) is 3.64. The molecular formula is C21H19ClF3N3O3. The van der Waals surface area contributed by atoms with E-state index in [2.05, 4.69) is 5.32 Å². The molecule has 0 atom stereocenters. The molecule has 0 bridgehead atoms. The molecule has 0 radical (unpaired) electrons. The van der Waals surface area contributed by atoms with Crippen LogP contribution >= 0.6 is 11.6 Å². The lowest BCUT2D eigenvalue weighted by Crippen LogP contribution is -2.41. The Morgan fingerprint density at radius 2 is 1.65 bits per heavy atom. The van der Waals surface area contributed by atoms with Crippen molar-refractivity contribution in [1.29, 1.82) is 0 Å². The number of carbonyl (C=O) groups is 3. The molecule has 1 heterocycles. The molecule has 2 aromatic carbocycles. The number of nitrogens with zero attached hydrogens (tertiary/aromatic N) is 1. The maximum atomic E-state index is 12.7. The number of benzene rings is 2. The van der Waals surface area contributed by atoms with Gasteiger partial charge in [-0.3, -0.25) is 14.4 Å². The van der Waals surface area contributed by atoms with Gasteiger partial charge in [-0.2, -0.15) is 13.2 Å². The van der Waals surface area contributed by atoms with Crippen molar-refractivity contribution < 1.29 is 27.6 Å². The van der Waals surface area contributed by atoms with Crippen LogP contribution in [0.4, 0.5) is 18.9 Å². The van der Waals surface area contributed by atoms with Crippen molar-refractivity contribution in [2.75, 3.05) is 18.4 Å². The van der Waals surface area contributed by atoms with Gasteiger partial charge in [0.2, 0.25) is 11.8 Å². The van der Waals surface area contributed by atoms with Crippen LogP contribution in [-0.2, 0) is 11.0 Å². The number of nitrogens with two attached hydrogens (primary N) is 1. The Bertz CT molecular complexity index is 1000. The Morgan fingerprint density at radius 3 is 2.16 bits per heavy atom. The second-order valence-electron chi connectivity index (χ2n) is 7.19. The Hall–Kier alpha value is -3.07. The van der Waals surface area contributed by atoms with Gasteiger partial charge in [-0.05, 0) is 55.3 Å². The van der Waals surface area contributed by atoms with Gasteiger partial charge in [0.25, 0.3) is 5.91 Å². The lowest BCUT2D eigenvalue weighted by Gasteiger charge is -2.31. The SMILES string of the molecule is NC(=O)c1ccc(NC(=O)C2CCN(C(=O)c3ccc(C(F)(F)F)cc3)CC2)cc1Cl. The standard InChI is InChI=1S/C21H19ClF3N3O3/c22-17-11-15(5-6-16(17)18(26)29)27-19(30)12-7-9-28(10-8-12)20(31)13-1-3-14(4-2-13)21(23,24)25/h1-6,11-12H,7-10H2,(H2,26,29)(H,27,30). The number of anilines is 1. The van der Waals surface area contributed by atoms with Crippen LogP contribution in [-0.4, -0.2) is 35.7 Å². The Labute approximate surface area is 181 Å². The molecule has 10 heteroatoms. The largest absolute Gasteiger partial charge is 0.416 e. The molecule has 1 saturated heterocycles. The first-order valence-corrected chi connectivity index (χ1v) is 9.81. The van der Waals surface area contributed by atoms with Gasteiger partial charge in [0.05, 0.1) is 16.1 Å². The number of hydrogen-bond donors (Lipinski definition) is 2. The first-order valence-electron chi connectivity index (χ1n) is 9.43. The highest BCUT2D eigenvalue weighted by Crippen LogP contribution is 2.29. The Balaban J connectivity index is 1.56. The van der Waals surface area contributed by atoms with Crippen LogP contribution in [0.5, 0.6) is 0 Å². The molecule has 3 N–H and O–H groups in total. The molecule has 3 rings (SSSR count). The number of likely N-dealkylation sites (tertiary alicyclic amines) is 1. The number of carbonyl (C=O) groups excluding carboxylic acids is 3. The normalized spacial score (nSPS) is 14.9. The van der Waals surface area contributed by atoms with Gasteiger partial charge in [-0.15, -0.1) is 0 Å². The van der Waals surface area contributed by atoms with Gasteiger partial charge in [-0.1, -0.05) is 11.6 Å². The average Bonchev–Trinajstić information content (AvgIpc) is 2.72. The summed E-state index contributed by atoms with van der Waals surface area (Å²) in [6.07, 6.45) is -3.64. The molecule has 6 nitrogen and oxygen atoms in total. The number of halogens is 4. The average molecular weight is 454 g/mol. The van der Waals surface area contributed by atoms with E-state index in [1.54, 1.807) is 0 Å². The molecule has 2 aromatic rings. The number of hydrogen-bond acceptors (Lipinski definition) is 3. The summed E-state index contributed by atoms with van der Waals surface area (Å²) in [5, 5.41) is 2.86. The number of piperidine rings is 1. The fraction of sp³-hybridized carbons (Fsp3) is 0.286. The van der Waals surface area contributed by atoms with Gasteiger partial charge in [-0.25, -0.2) is 0 Å². The van der Waals surface area contributed by atoms with Crippen molar-refractivity contribution in [1.82, 2.24) is 4.90 Å². The summed E-state index contributed by atoms with van der Waals surface area (Å²) in [6, 6.07) is 8.44. The molecule has 0 aliphatic carbocycles. The topological polar surface area (TPSA) is 92.5 Å². The van der Waals surface area contributed by atoms with Gasteiger partial charge < -0.3 is 16.0 Å². The number of rotatable bonds is 4. The van der Waals surface area contributed by atoms with E-state index in [4.69, 9.17) is 17.3 Å². The third-order valence-corrected chi connectivity index (χ3v) is 5.43. The van der Waals surface area contributed by atoms with Crippen molar-refractivity contribution in [3.63, 3.8) is 0 Å². The molecule has 31 heavy (non-hydrogen) atoms. The number of amides is 3. The van der Waals surface area contributed by atoms with E-state index in [-0.39, 0.29) is 33.9 Å². The quantitative estimate of drug-likeness (QED) is 0.734. The highest BCUT2D eigenvalue weighted by Gasteiger charge is 2.31. The van der Waals surface area contributed by atoms with E-state index in [0.717, 1.165) is 24.3 Å². The first-order chi connectivity index (χ1) is 14.6. The third-order valence-electron chi connectivity index (χ3n) is 5.11. The molecule has 1 aliphatic rings. The van der Waals surface area contributed by atoms with Crippen molar-refractivity contribution in [3.05, 3.63) is 64.2 Å². The van der Waals surface area contributed by atoms with Crippen LogP contribution in [0.15, 0.2) is 42.5 Å². The monoisotopic (exact) mass is 453 g/mol. The van der Waals surface area contributed by atoms with E-state index < -0.39 is 17.6 Å². The van der Waals surface area contributed by atoms with Crippen LogP contribution in [0.2, 0.25) is 5.02 Å². The summed E-state index contributed by atoms with van der Waals surface area (Å²) in [4.78, 5) is 37.8. The predicted molar refractivity (Wildman–Crippen MR) is 109 cm³/mol. The molecule has 0 saturated carbocycles. The molecule has 164 valence electrons. The van der Waals surface area contributed by atoms with Crippen molar-refractivity contribution in [3.8, 4) is 0 Å². The number of nitrogens with one attached hydrogen (secondary N) is 1. The van der Waals surface area contributed by atoms with E-state index in [9.17, 15) is 27.6 Å². The molecule has 3 amide bonds. The van der Waals surface area contributed by atoms with Crippen molar-refractivity contribution in [2.24, 2.45) is 11.7 Å². The Morgan fingerprint density at radius 1 is 1.03 bits per heavy atom. The molecule has 1 aliphatic heterocycles. The smallest absolute Gasteiger partial charge is 0.366 e. The lowest BCUT2D eigenvalue weighted by atomic mass is 9.95. The second-order valence-corrected chi connectivity index (χ2v) is 7.60. The molecule has 0 unspecified atom stereocenters. The summed E-state index contributed by atoms with van der Waals surface area (Å²) in [5.41, 5.74) is 5.11. The summed E-state index contributed by atoms with van der Waals surface area (Å²) in [7, 11) is 0. The van der Waals surface area contributed by atoms with Crippen LogP contribution in [0.25, 0.3) is 0 Å².